The third-order valence-electron chi connectivity index (χ3n) is 3.10. The quantitative estimate of drug-likeness (QED) is 0.372. The Labute approximate surface area is 150 Å². The highest BCUT2D eigenvalue weighted by Crippen LogP contribution is 2.26. The van der Waals surface area contributed by atoms with Crippen LogP contribution in [0.3, 0.4) is 0 Å². The molecule has 0 spiro atoms. The third kappa shape index (κ3) is 4.03. The van der Waals surface area contributed by atoms with Gasteiger partial charge in [-0.1, -0.05) is 28.1 Å². The highest BCUT2D eigenvalue weighted by Gasteiger charge is 2.07. The predicted molar refractivity (Wildman–Crippen MR) is 99.6 cm³/mol. The molecular weight excluding hydrogens is 392 g/mol. The highest BCUT2D eigenvalue weighted by molar-refractivity contribution is 9.10. The summed E-state index contributed by atoms with van der Waals surface area (Å²) in [6.07, 6.45) is 1.71. The number of benzene rings is 2. The van der Waals surface area contributed by atoms with Crippen LogP contribution in [0.25, 0.3) is 11.3 Å². The van der Waals surface area contributed by atoms with Gasteiger partial charge in [-0.3, -0.25) is 15.5 Å². The Kier molecular flexibility index (Phi) is 4.97. The van der Waals surface area contributed by atoms with E-state index in [-0.39, 0.29) is 5.69 Å². The minimum atomic E-state index is -0.422. The molecule has 0 amide bonds. The maximum absolute atomic E-state index is 10.7. The molecule has 0 fully saturated rings. The van der Waals surface area contributed by atoms with Crippen LogP contribution in [0.2, 0.25) is 0 Å². The van der Waals surface area contributed by atoms with Crippen LogP contribution in [0.5, 0.6) is 0 Å². The van der Waals surface area contributed by atoms with E-state index < -0.39 is 4.92 Å². The normalized spacial score (nSPS) is 10.9. The van der Waals surface area contributed by atoms with E-state index >= 15 is 0 Å². The second-order valence-corrected chi connectivity index (χ2v) is 6.54. The van der Waals surface area contributed by atoms with Crippen LogP contribution >= 0.6 is 27.3 Å². The van der Waals surface area contributed by atoms with Crippen molar-refractivity contribution in [2.75, 3.05) is 5.43 Å². The van der Waals surface area contributed by atoms with Crippen molar-refractivity contribution in [3.8, 4) is 11.3 Å². The molecule has 120 valence electrons. The van der Waals surface area contributed by atoms with E-state index in [9.17, 15) is 10.1 Å². The van der Waals surface area contributed by atoms with Crippen molar-refractivity contribution in [1.29, 1.82) is 0 Å². The second-order valence-electron chi connectivity index (χ2n) is 4.77. The number of thiazole rings is 1. The molecule has 0 saturated heterocycles. The fraction of sp³-hybridized carbons (Fsp3) is 0. The average Bonchev–Trinajstić information content (AvgIpc) is 3.04. The molecule has 0 radical (unpaired) electrons. The summed E-state index contributed by atoms with van der Waals surface area (Å²) in [5, 5.41) is 17.4. The van der Waals surface area contributed by atoms with Gasteiger partial charge in [-0.25, -0.2) is 4.98 Å². The Balaban J connectivity index is 1.68. The molecule has 0 bridgehead atoms. The second kappa shape index (κ2) is 7.33. The van der Waals surface area contributed by atoms with Crippen LogP contribution in [-0.4, -0.2) is 16.1 Å². The van der Waals surface area contributed by atoms with Crippen molar-refractivity contribution in [3.63, 3.8) is 0 Å². The molecular formula is C16H11BrN4O2S. The van der Waals surface area contributed by atoms with Crippen molar-refractivity contribution >= 4 is 44.3 Å². The number of aromatic nitrogens is 1. The molecule has 1 aromatic heterocycles. The Bertz CT molecular complexity index is 893. The van der Waals surface area contributed by atoms with E-state index in [0.29, 0.717) is 5.13 Å². The maximum atomic E-state index is 10.7. The van der Waals surface area contributed by atoms with Gasteiger partial charge in [0.25, 0.3) is 5.69 Å². The molecule has 0 aliphatic heterocycles. The van der Waals surface area contributed by atoms with Crippen LogP contribution in [-0.2, 0) is 0 Å². The van der Waals surface area contributed by atoms with Crippen LogP contribution in [0.15, 0.2) is 63.5 Å². The summed E-state index contributed by atoms with van der Waals surface area (Å²) in [6.45, 7) is 0. The van der Waals surface area contributed by atoms with E-state index in [0.717, 1.165) is 21.3 Å². The van der Waals surface area contributed by atoms with Gasteiger partial charge in [-0.15, -0.1) is 11.3 Å². The largest absolute Gasteiger partial charge is 0.269 e. The van der Waals surface area contributed by atoms with Crippen LogP contribution < -0.4 is 5.43 Å². The molecule has 6 nitrogen and oxygen atoms in total. The number of halogens is 1. The first-order chi connectivity index (χ1) is 11.6. The summed E-state index contributed by atoms with van der Waals surface area (Å²) in [5.74, 6) is 0. The molecule has 1 heterocycles. The first-order valence-electron chi connectivity index (χ1n) is 6.87. The van der Waals surface area contributed by atoms with Crippen molar-refractivity contribution < 1.29 is 4.92 Å². The molecule has 1 N–H and O–H groups in total. The molecule has 8 heteroatoms. The van der Waals surface area contributed by atoms with E-state index in [1.165, 1.54) is 23.5 Å². The SMILES string of the molecule is O=[N+]([O-])c1ccc(-c2csc(NN=Cc3cccc(Br)c3)n2)cc1. The van der Waals surface area contributed by atoms with Crippen molar-refractivity contribution in [1.82, 2.24) is 4.98 Å². The lowest BCUT2D eigenvalue weighted by molar-refractivity contribution is -0.384. The van der Waals surface area contributed by atoms with Gasteiger partial charge in [-0.05, 0) is 29.8 Å². The molecule has 24 heavy (non-hydrogen) atoms. The minimum Gasteiger partial charge on any atom is -0.258 e. The number of nitro benzene ring substituents is 1. The summed E-state index contributed by atoms with van der Waals surface area (Å²) in [4.78, 5) is 14.7. The molecule has 0 saturated carbocycles. The summed E-state index contributed by atoms with van der Waals surface area (Å²) in [5.41, 5.74) is 5.47. The summed E-state index contributed by atoms with van der Waals surface area (Å²) >= 11 is 4.82. The van der Waals surface area contributed by atoms with Gasteiger partial charge in [-0.2, -0.15) is 5.10 Å². The summed E-state index contributed by atoms with van der Waals surface area (Å²) in [7, 11) is 0. The number of hydrogen-bond donors (Lipinski definition) is 1. The number of nitro groups is 1. The zero-order valence-corrected chi connectivity index (χ0v) is 14.6. The van der Waals surface area contributed by atoms with Gasteiger partial charge in [0, 0.05) is 27.5 Å². The van der Waals surface area contributed by atoms with Crippen LogP contribution in [0.4, 0.5) is 10.8 Å². The van der Waals surface area contributed by atoms with Crippen molar-refractivity contribution in [2.24, 2.45) is 5.10 Å². The highest BCUT2D eigenvalue weighted by atomic mass is 79.9. The predicted octanol–water partition coefficient (Wildman–Crippen LogP) is 4.93. The molecule has 3 aromatic rings. The zero-order chi connectivity index (χ0) is 16.9. The number of nitrogens with one attached hydrogen (secondary N) is 1. The van der Waals surface area contributed by atoms with Gasteiger partial charge >= 0.3 is 0 Å². The van der Waals surface area contributed by atoms with Crippen molar-refractivity contribution in [2.45, 2.75) is 0 Å². The minimum absolute atomic E-state index is 0.0611. The Hall–Kier alpha value is -2.58. The summed E-state index contributed by atoms with van der Waals surface area (Å²) < 4.78 is 0.987. The number of hydrogen-bond acceptors (Lipinski definition) is 6. The van der Waals surface area contributed by atoms with Gasteiger partial charge in [0.15, 0.2) is 0 Å². The van der Waals surface area contributed by atoms with Gasteiger partial charge < -0.3 is 0 Å². The standard InChI is InChI=1S/C16H11BrN4O2S/c17-13-3-1-2-11(8-13)9-18-20-16-19-15(10-24-16)12-4-6-14(7-5-12)21(22)23/h1-10H,(H,19,20). The van der Waals surface area contributed by atoms with E-state index in [1.54, 1.807) is 18.3 Å². The molecule has 0 unspecified atom stereocenters. The third-order valence-corrected chi connectivity index (χ3v) is 4.34. The number of non-ortho nitro benzene ring substituents is 1. The number of hydrazone groups is 1. The maximum Gasteiger partial charge on any atom is 0.269 e. The Morgan fingerprint density at radius 3 is 2.75 bits per heavy atom. The fourth-order valence-corrected chi connectivity index (χ4v) is 3.05. The van der Waals surface area contributed by atoms with Crippen LogP contribution in [0, 0.1) is 10.1 Å². The van der Waals surface area contributed by atoms with E-state index in [4.69, 9.17) is 0 Å². The van der Waals surface area contributed by atoms with Gasteiger partial charge in [0.1, 0.15) is 0 Å². The smallest absolute Gasteiger partial charge is 0.258 e. The fourth-order valence-electron chi connectivity index (χ4n) is 1.96. The number of anilines is 1. The molecule has 2 aromatic carbocycles. The van der Waals surface area contributed by atoms with Gasteiger partial charge in [0.2, 0.25) is 5.13 Å². The molecule has 0 aliphatic rings. The molecule has 0 atom stereocenters. The molecule has 0 aliphatic carbocycles. The topological polar surface area (TPSA) is 80.4 Å². The lowest BCUT2D eigenvalue weighted by Gasteiger charge is -1.97. The number of nitrogens with zero attached hydrogens (tertiary/aromatic N) is 3. The monoisotopic (exact) mass is 402 g/mol. The average molecular weight is 403 g/mol. The zero-order valence-electron chi connectivity index (χ0n) is 12.2. The van der Waals surface area contributed by atoms with E-state index in [2.05, 4.69) is 31.4 Å². The van der Waals surface area contributed by atoms with Crippen LogP contribution in [0.1, 0.15) is 5.56 Å². The summed E-state index contributed by atoms with van der Waals surface area (Å²) in [6, 6.07) is 14.1. The number of rotatable bonds is 5. The molecule has 3 rings (SSSR count). The first-order valence-corrected chi connectivity index (χ1v) is 8.54. The Morgan fingerprint density at radius 2 is 2.04 bits per heavy atom. The van der Waals surface area contributed by atoms with E-state index in [1.807, 2.05) is 29.6 Å². The van der Waals surface area contributed by atoms with Gasteiger partial charge in [0.05, 0.1) is 16.8 Å². The first kappa shape index (κ1) is 16.3. The lowest BCUT2D eigenvalue weighted by atomic mass is 10.1. The van der Waals surface area contributed by atoms with Crippen molar-refractivity contribution in [3.05, 3.63) is 74.1 Å². The lowest BCUT2D eigenvalue weighted by Crippen LogP contribution is -1.90. The Morgan fingerprint density at radius 1 is 1.25 bits per heavy atom.